The fraction of sp³-hybridized carbons (Fsp3) is 0.391. The van der Waals surface area contributed by atoms with Crippen LogP contribution in [-0.2, 0) is 14.0 Å². The molecule has 2 aromatic carbocycles. The summed E-state index contributed by atoms with van der Waals surface area (Å²) in [5.74, 6) is -0.585. The molecule has 0 aromatic heterocycles. The van der Waals surface area contributed by atoms with E-state index in [1.165, 1.54) is 7.11 Å². The minimum Gasteiger partial charge on any atom is -0.467 e. The van der Waals surface area contributed by atoms with Crippen molar-refractivity contribution in [1.82, 2.24) is 4.90 Å². The number of carbonyl (C=O) groups excluding carboxylic acids is 1. The summed E-state index contributed by atoms with van der Waals surface area (Å²) in [6.45, 7) is 6.68. The van der Waals surface area contributed by atoms with E-state index < -0.39 is 32.5 Å². The quantitative estimate of drug-likeness (QED) is 0.587. The van der Waals surface area contributed by atoms with E-state index in [9.17, 15) is 14.7 Å². The molecule has 1 aliphatic heterocycles. The standard InChI is InChI=1S/C23H29NO5Si/c1-23(2,3)30(17-11-7-5-8-12-17,18-13-9-6-10-14-18)29-19-15-16-24(22(26)27)20(19)21(25)28-4/h5-14,19-20H,15-16H2,1-4H3,(H,26,27)/t19-,20-/m0/s1. The van der Waals surface area contributed by atoms with Gasteiger partial charge < -0.3 is 14.3 Å². The molecule has 0 unspecified atom stereocenters. The van der Waals surface area contributed by atoms with Crippen LogP contribution in [0, 0.1) is 0 Å². The molecule has 6 nitrogen and oxygen atoms in total. The van der Waals surface area contributed by atoms with Crippen LogP contribution in [0.5, 0.6) is 0 Å². The van der Waals surface area contributed by atoms with Crippen molar-refractivity contribution in [2.24, 2.45) is 0 Å². The summed E-state index contributed by atoms with van der Waals surface area (Å²) in [4.78, 5) is 25.4. The predicted molar refractivity (Wildman–Crippen MR) is 118 cm³/mol. The molecule has 30 heavy (non-hydrogen) atoms. The van der Waals surface area contributed by atoms with Gasteiger partial charge in [0.2, 0.25) is 0 Å². The number of likely N-dealkylation sites (tertiary alicyclic amines) is 1. The fourth-order valence-corrected chi connectivity index (χ4v) is 9.14. The first-order valence-corrected chi connectivity index (χ1v) is 12.0. The largest absolute Gasteiger partial charge is 0.467 e. The summed E-state index contributed by atoms with van der Waals surface area (Å²) in [7, 11) is -1.63. The van der Waals surface area contributed by atoms with Crippen molar-refractivity contribution in [2.75, 3.05) is 13.7 Å². The molecule has 1 amide bonds. The van der Waals surface area contributed by atoms with Crippen LogP contribution in [0.1, 0.15) is 27.2 Å². The molecule has 2 aromatic rings. The van der Waals surface area contributed by atoms with E-state index in [2.05, 4.69) is 45.0 Å². The van der Waals surface area contributed by atoms with Crippen LogP contribution in [0.3, 0.4) is 0 Å². The van der Waals surface area contributed by atoms with E-state index in [0.29, 0.717) is 6.42 Å². The number of ether oxygens (including phenoxy) is 1. The zero-order valence-corrected chi connectivity index (χ0v) is 18.9. The topological polar surface area (TPSA) is 76.1 Å². The Hall–Kier alpha value is -2.64. The Balaban J connectivity index is 2.16. The summed E-state index contributed by atoms with van der Waals surface area (Å²) < 4.78 is 11.9. The SMILES string of the molecule is COC(=O)[C@@H]1[C@@H](O[Si](c2ccccc2)(c2ccccc2)C(C)(C)C)CCN1C(=O)O. The highest BCUT2D eigenvalue weighted by molar-refractivity contribution is 6.99. The third-order valence-electron chi connectivity index (χ3n) is 5.78. The van der Waals surface area contributed by atoms with Gasteiger partial charge in [-0.05, 0) is 21.8 Å². The molecule has 0 saturated carbocycles. The second-order valence-corrected chi connectivity index (χ2v) is 12.8. The van der Waals surface area contributed by atoms with E-state index >= 15 is 0 Å². The van der Waals surface area contributed by atoms with Gasteiger partial charge in [0.05, 0.1) is 13.2 Å². The number of carboxylic acid groups (broad SMARTS) is 1. The Morgan fingerprint density at radius 3 is 1.90 bits per heavy atom. The molecule has 3 rings (SSSR count). The van der Waals surface area contributed by atoms with E-state index in [1.807, 2.05) is 36.4 Å². The van der Waals surface area contributed by atoms with Gasteiger partial charge in [-0.1, -0.05) is 81.4 Å². The minimum absolute atomic E-state index is 0.234. The van der Waals surface area contributed by atoms with Crippen molar-refractivity contribution in [3.8, 4) is 0 Å². The zero-order chi connectivity index (χ0) is 21.9. The minimum atomic E-state index is -2.91. The van der Waals surface area contributed by atoms with Crippen molar-refractivity contribution < 1.29 is 23.9 Å². The number of methoxy groups -OCH3 is 1. The van der Waals surface area contributed by atoms with Gasteiger partial charge in [-0.25, -0.2) is 9.59 Å². The first-order chi connectivity index (χ1) is 14.2. The van der Waals surface area contributed by atoms with Gasteiger partial charge in [0.15, 0.2) is 6.04 Å². The Bertz CT molecular complexity index is 842. The van der Waals surface area contributed by atoms with Gasteiger partial charge in [0.1, 0.15) is 0 Å². The van der Waals surface area contributed by atoms with Crippen LogP contribution >= 0.6 is 0 Å². The Morgan fingerprint density at radius 2 is 1.50 bits per heavy atom. The molecule has 1 heterocycles. The van der Waals surface area contributed by atoms with Gasteiger partial charge in [-0.3, -0.25) is 4.90 Å². The molecule has 0 radical (unpaired) electrons. The smallest absolute Gasteiger partial charge is 0.408 e. The number of carbonyl (C=O) groups is 2. The average Bonchev–Trinajstić information content (AvgIpc) is 3.15. The summed E-state index contributed by atoms with van der Waals surface area (Å²) in [6, 6.07) is 19.2. The van der Waals surface area contributed by atoms with Crippen molar-refractivity contribution >= 4 is 30.8 Å². The summed E-state index contributed by atoms with van der Waals surface area (Å²) in [6.07, 6.45) is -1.28. The van der Waals surface area contributed by atoms with Crippen molar-refractivity contribution in [1.29, 1.82) is 0 Å². The maximum atomic E-state index is 12.6. The highest BCUT2D eigenvalue weighted by Crippen LogP contribution is 2.39. The number of hydrogen-bond acceptors (Lipinski definition) is 4. The lowest BCUT2D eigenvalue weighted by atomic mass is 10.2. The van der Waals surface area contributed by atoms with Gasteiger partial charge in [0, 0.05) is 6.54 Å². The van der Waals surface area contributed by atoms with E-state index in [1.54, 1.807) is 0 Å². The third-order valence-corrected chi connectivity index (χ3v) is 10.8. The molecule has 1 saturated heterocycles. The molecule has 7 heteroatoms. The van der Waals surface area contributed by atoms with Crippen molar-refractivity contribution in [2.45, 2.75) is 44.4 Å². The molecular formula is C23H29NO5Si. The van der Waals surface area contributed by atoms with Gasteiger partial charge in [-0.15, -0.1) is 0 Å². The molecule has 1 N–H and O–H groups in total. The predicted octanol–water partition coefficient (Wildman–Crippen LogP) is 2.86. The highest BCUT2D eigenvalue weighted by atomic mass is 28.4. The van der Waals surface area contributed by atoms with E-state index in [4.69, 9.17) is 9.16 Å². The fourth-order valence-electron chi connectivity index (χ4n) is 4.42. The maximum absolute atomic E-state index is 12.6. The van der Waals surface area contributed by atoms with Gasteiger partial charge in [-0.2, -0.15) is 0 Å². The number of hydrogen-bond donors (Lipinski definition) is 1. The number of benzene rings is 2. The first kappa shape index (κ1) is 22.1. The number of rotatable bonds is 5. The first-order valence-electron chi connectivity index (χ1n) is 10.1. The van der Waals surface area contributed by atoms with Crippen LogP contribution in [0.4, 0.5) is 4.79 Å². The lowest BCUT2D eigenvalue weighted by Crippen LogP contribution is -2.68. The normalized spacial score (nSPS) is 19.5. The zero-order valence-electron chi connectivity index (χ0n) is 17.9. The number of amides is 1. The van der Waals surface area contributed by atoms with Crippen molar-refractivity contribution in [3.05, 3.63) is 60.7 Å². The molecule has 1 aliphatic rings. The van der Waals surface area contributed by atoms with Crippen LogP contribution in [0.2, 0.25) is 5.04 Å². The molecule has 0 aliphatic carbocycles. The van der Waals surface area contributed by atoms with Crippen LogP contribution in [0.25, 0.3) is 0 Å². The second kappa shape index (κ2) is 8.61. The summed E-state index contributed by atoms with van der Waals surface area (Å²) in [5.41, 5.74) is 0. The highest BCUT2D eigenvalue weighted by Gasteiger charge is 2.55. The molecule has 160 valence electrons. The van der Waals surface area contributed by atoms with Crippen molar-refractivity contribution in [3.63, 3.8) is 0 Å². The lowest BCUT2D eigenvalue weighted by Gasteiger charge is -2.45. The van der Waals surface area contributed by atoms with E-state index in [-0.39, 0.29) is 11.6 Å². The molecule has 1 fully saturated rings. The number of nitrogens with zero attached hydrogens (tertiary/aromatic N) is 1. The summed E-state index contributed by atoms with van der Waals surface area (Å²) in [5, 5.41) is 11.5. The average molecular weight is 428 g/mol. The van der Waals surface area contributed by atoms with Gasteiger partial charge in [0.25, 0.3) is 8.32 Å². The van der Waals surface area contributed by atoms with Crippen LogP contribution < -0.4 is 10.4 Å². The monoisotopic (exact) mass is 427 g/mol. The van der Waals surface area contributed by atoms with E-state index in [0.717, 1.165) is 15.3 Å². The molecule has 2 atom stereocenters. The second-order valence-electron chi connectivity index (χ2n) is 8.55. The molecule has 0 bridgehead atoms. The van der Waals surface area contributed by atoms with Gasteiger partial charge >= 0.3 is 12.1 Å². The Morgan fingerprint density at radius 1 is 1.00 bits per heavy atom. The Labute approximate surface area is 178 Å². The third kappa shape index (κ3) is 3.87. The van der Waals surface area contributed by atoms with Crippen LogP contribution in [0.15, 0.2) is 60.7 Å². The molecule has 0 spiro atoms. The maximum Gasteiger partial charge on any atom is 0.408 e. The molecular weight excluding hydrogens is 398 g/mol. The lowest BCUT2D eigenvalue weighted by molar-refractivity contribution is -0.147. The Kier molecular flexibility index (Phi) is 6.33. The summed E-state index contributed by atoms with van der Waals surface area (Å²) >= 11 is 0. The number of esters is 1. The van der Waals surface area contributed by atoms with Crippen LogP contribution in [-0.4, -0.2) is 56.2 Å².